The van der Waals surface area contributed by atoms with E-state index in [0.717, 1.165) is 37.8 Å². The van der Waals surface area contributed by atoms with Crippen molar-refractivity contribution >= 4 is 28.9 Å². The third-order valence-electron chi connectivity index (χ3n) is 4.47. The summed E-state index contributed by atoms with van der Waals surface area (Å²) in [7, 11) is 0. The number of likely N-dealkylation sites (N-methyl/N-ethyl adjacent to an activating group) is 1. The molecule has 0 bridgehead atoms. The first kappa shape index (κ1) is 24.6. The molecule has 2 aromatic carbocycles. The largest absolute Gasteiger partial charge is 0.491 e. The van der Waals surface area contributed by atoms with E-state index in [9.17, 15) is 18.0 Å². The van der Waals surface area contributed by atoms with E-state index in [1.807, 2.05) is 0 Å². The van der Waals surface area contributed by atoms with Gasteiger partial charge >= 0.3 is 6.18 Å². The van der Waals surface area contributed by atoms with Crippen LogP contribution in [0, 0.1) is 0 Å². The molecule has 0 radical (unpaired) electrons. The van der Waals surface area contributed by atoms with E-state index in [2.05, 4.69) is 24.1 Å². The van der Waals surface area contributed by atoms with Crippen LogP contribution in [0.3, 0.4) is 0 Å². The minimum Gasteiger partial charge on any atom is -0.491 e. The second-order valence-electron chi connectivity index (χ2n) is 6.61. The SMILES string of the molecule is CCN(CC)CCOc1ccc(NC(=O)COc2ccc(C(F)(F)F)cc2N)cc1Cl. The van der Waals surface area contributed by atoms with E-state index in [4.69, 9.17) is 26.8 Å². The molecule has 0 saturated heterocycles. The molecule has 2 aromatic rings. The number of alkyl halides is 3. The molecule has 0 saturated carbocycles. The molecule has 1 amide bonds. The van der Waals surface area contributed by atoms with Crippen molar-refractivity contribution < 1.29 is 27.4 Å². The number of ether oxygens (including phenoxy) is 2. The topological polar surface area (TPSA) is 76.8 Å². The van der Waals surface area contributed by atoms with Gasteiger partial charge in [-0.25, -0.2) is 0 Å². The lowest BCUT2D eigenvalue weighted by Crippen LogP contribution is -2.27. The summed E-state index contributed by atoms with van der Waals surface area (Å²) in [6.45, 7) is 6.82. The zero-order valence-corrected chi connectivity index (χ0v) is 18.0. The maximum atomic E-state index is 12.7. The van der Waals surface area contributed by atoms with Crippen molar-refractivity contribution in [1.82, 2.24) is 4.90 Å². The quantitative estimate of drug-likeness (QED) is 0.504. The number of nitrogen functional groups attached to an aromatic ring is 1. The van der Waals surface area contributed by atoms with E-state index < -0.39 is 24.3 Å². The molecule has 10 heteroatoms. The lowest BCUT2D eigenvalue weighted by Gasteiger charge is -2.18. The number of anilines is 2. The minimum absolute atomic E-state index is 0.0156. The van der Waals surface area contributed by atoms with Crippen LogP contribution in [0.15, 0.2) is 36.4 Å². The number of halogens is 4. The van der Waals surface area contributed by atoms with Gasteiger partial charge < -0.3 is 25.4 Å². The number of nitrogens with zero attached hydrogens (tertiary/aromatic N) is 1. The van der Waals surface area contributed by atoms with Crippen molar-refractivity contribution in [1.29, 1.82) is 0 Å². The van der Waals surface area contributed by atoms with Gasteiger partial charge in [0.15, 0.2) is 6.61 Å². The van der Waals surface area contributed by atoms with E-state index in [0.29, 0.717) is 23.1 Å². The van der Waals surface area contributed by atoms with Crippen LogP contribution in [0.2, 0.25) is 5.02 Å². The highest BCUT2D eigenvalue weighted by Crippen LogP contribution is 2.33. The Morgan fingerprint density at radius 3 is 2.35 bits per heavy atom. The fraction of sp³-hybridized carbons (Fsp3) is 0.381. The Kier molecular flexibility index (Phi) is 8.82. The number of carbonyl (C=O) groups excluding carboxylic acids is 1. The van der Waals surface area contributed by atoms with Gasteiger partial charge in [0, 0.05) is 12.2 Å². The van der Waals surface area contributed by atoms with Crippen LogP contribution >= 0.6 is 11.6 Å². The highest BCUT2D eigenvalue weighted by Gasteiger charge is 2.31. The summed E-state index contributed by atoms with van der Waals surface area (Å²) < 4.78 is 48.9. The number of hydrogen-bond donors (Lipinski definition) is 2. The van der Waals surface area contributed by atoms with E-state index in [1.165, 1.54) is 0 Å². The van der Waals surface area contributed by atoms with Gasteiger partial charge in [-0.1, -0.05) is 25.4 Å². The summed E-state index contributed by atoms with van der Waals surface area (Å²) in [4.78, 5) is 14.3. The molecule has 0 aromatic heterocycles. The van der Waals surface area contributed by atoms with E-state index in [-0.39, 0.29) is 11.4 Å². The molecule has 3 N–H and O–H groups in total. The number of benzene rings is 2. The monoisotopic (exact) mass is 459 g/mol. The number of carbonyl (C=O) groups is 1. The van der Waals surface area contributed by atoms with Gasteiger partial charge in [0.25, 0.3) is 5.91 Å². The van der Waals surface area contributed by atoms with Gasteiger partial charge in [-0.3, -0.25) is 4.79 Å². The van der Waals surface area contributed by atoms with Gasteiger partial charge in [-0.2, -0.15) is 13.2 Å². The van der Waals surface area contributed by atoms with Crippen molar-refractivity contribution in [3.05, 3.63) is 47.0 Å². The van der Waals surface area contributed by atoms with Crippen molar-refractivity contribution in [2.75, 3.05) is 43.9 Å². The van der Waals surface area contributed by atoms with Crippen molar-refractivity contribution in [2.24, 2.45) is 0 Å². The van der Waals surface area contributed by atoms with Gasteiger partial charge in [0.2, 0.25) is 0 Å². The Balaban J connectivity index is 1.87. The fourth-order valence-corrected chi connectivity index (χ4v) is 2.95. The predicted molar refractivity (Wildman–Crippen MR) is 115 cm³/mol. The third kappa shape index (κ3) is 7.52. The Bertz CT molecular complexity index is 890. The predicted octanol–water partition coefficient (Wildman–Crippen LogP) is 4.68. The first-order valence-corrected chi connectivity index (χ1v) is 10.1. The summed E-state index contributed by atoms with van der Waals surface area (Å²) in [5.74, 6) is -0.0377. The van der Waals surface area contributed by atoms with Gasteiger partial charge in [-0.15, -0.1) is 0 Å². The lowest BCUT2D eigenvalue weighted by molar-refractivity contribution is -0.137. The van der Waals surface area contributed by atoms with Crippen LogP contribution in [0.1, 0.15) is 19.4 Å². The van der Waals surface area contributed by atoms with Crippen molar-refractivity contribution in [3.8, 4) is 11.5 Å². The highest BCUT2D eigenvalue weighted by atomic mass is 35.5. The van der Waals surface area contributed by atoms with E-state index >= 15 is 0 Å². The van der Waals surface area contributed by atoms with Crippen molar-refractivity contribution in [2.45, 2.75) is 20.0 Å². The first-order chi connectivity index (χ1) is 14.6. The number of hydrogen-bond acceptors (Lipinski definition) is 5. The molecule has 0 aliphatic rings. The maximum absolute atomic E-state index is 12.7. The Labute approximate surface area is 184 Å². The summed E-state index contributed by atoms with van der Waals surface area (Å²) >= 11 is 6.21. The first-order valence-electron chi connectivity index (χ1n) is 9.68. The van der Waals surface area contributed by atoms with Crippen LogP contribution in [-0.2, 0) is 11.0 Å². The standard InChI is InChI=1S/C21H25ClF3N3O3/c1-3-28(4-2)9-10-30-18-8-6-15(12-16(18)22)27-20(29)13-31-19-7-5-14(11-17(19)26)21(23,24)25/h5-8,11-12H,3-4,9-10,13,26H2,1-2H3,(H,27,29). The summed E-state index contributed by atoms with van der Waals surface area (Å²) in [6, 6.07) is 7.48. The summed E-state index contributed by atoms with van der Waals surface area (Å²) in [6.07, 6.45) is -4.51. The lowest BCUT2D eigenvalue weighted by atomic mass is 10.2. The Morgan fingerprint density at radius 1 is 1.10 bits per heavy atom. The van der Waals surface area contributed by atoms with Crippen molar-refractivity contribution in [3.63, 3.8) is 0 Å². The molecule has 6 nitrogen and oxygen atoms in total. The van der Waals surface area contributed by atoms with Gasteiger partial charge in [-0.05, 0) is 49.5 Å². The minimum atomic E-state index is -4.51. The smallest absolute Gasteiger partial charge is 0.416 e. The molecular weight excluding hydrogens is 435 g/mol. The van der Waals surface area contributed by atoms with Crippen LogP contribution in [0.25, 0.3) is 0 Å². The zero-order valence-electron chi connectivity index (χ0n) is 17.3. The molecular formula is C21H25ClF3N3O3. The zero-order chi connectivity index (χ0) is 23.0. The molecule has 0 spiro atoms. The van der Waals surface area contributed by atoms with Gasteiger partial charge in [0.05, 0.1) is 16.3 Å². The number of nitrogens with two attached hydrogens (primary N) is 1. The molecule has 2 rings (SSSR count). The van der Waals surface area contributed by atoms with Crippen LogP contribution < -0.4 is 20.5 Å². The Hall–Kier alpha value is -2.65. The average molecular weight is 460 g/mol. The normalized spacial score (nSPS) is 11.5. The third-order valence-corrected chi connectivity index (χ3v) is 4.77. The number of amides is 1. The molecule has 0 aliphatic heterocycles. The highest BCUT2D eigenvalue weighted by molar-refractivity contribution is 6.32. The molecule has 0 heterocycles. The molecule has 0 atom stereocenters. The van der Waals surface area contributed by atoms with Crippen LogP contribution in [0.5, 0.6) is 11.5 Å². The molecule has 170 valence electrons. The fourth-order valence-electron chi connectivity index (χ4n) is 2.72. The van der Waals surface area contributed by atoms with Crippen LogP contribution in [-0.4, -0.2) is 43.7 Å². The average Bonchev–Trinajstić information content (AvgIpc) is 2.71. The molecule has 31 heavy (non-hydrogen) atoms. The van der Waals surface area contributed by atoms with Crippen LogP contribution in [0.4, 0.5) is 24.5 Å². The molecule has 0 fully saturated rings. The van der Waals surface area contributed by atoms with E-state index in [1.54, 1.807) is 18.2 Å². The molecule has 0 aliphatic carbocycles. The summed E-state index contributed by atoms with van der Waals surface area (Å²) in [5.41, 5.74) is 4.90. The second kappa shape index (κ2) is 11.1. The summed E-state index contributed by atoms with van der Waals surface area (Å²) in [5, 5.41) is 2.93. The number of nitrogens with one attached hydrogen (secondary N) is 1. The second-order valence-corrected chi connectivity index (χ2v) is 7.01. The Morgan fingerprint density at radius 2 is 1.77 bits per heavy atom. The maximum Gasteiger partial charge on any atom is 0.416 e. The number of rotatable bonds is 10. The molecule has 0 unspecified atom stereocenters. The van der Waals surface area contributed by atoms with Gasteiger partial charge in [0.1, 0.15) is 18.1 Å².